The van der Waals surface area contributed by atoms with Crippen LogP contribution in [-0.2, 0) is 22.7 Å². The minimum atomic E-state index is -0.780. The van der Waals surface area contributed by atoms with Crippen molar-refractivity contribution in [3.63, 3.8) is 0 Å². The van der Waals surface area contributed by atoms with E-state index >= 15 is 0 Å². The van der Waals surface area contributed by atoms with Gasteiger partial charge < -0.3 is 14.7 Å². The number of aliphatic hydroxyl groups excluding tert-OH is 1. The van der Waals surface area contributed by atoms with Gasteiger partial charge in [-0.1, -0.05) is 48.0 Å². The van der Waals surface area contributed by atoms with Crippen LogP contribution in [0.25, 0.3) is 5.76 Å². The predicted octanol–water partition coefficient (Wildman–Crippen LogP) is 6.24. The molecule has 1 aliphatic heterocycles. The molecule has 3 aromatic carbocycles. The number of aliphatic hydroxyl groups is 1. The molecule has 0 radical (unpaired) electrons. The lowest BCUT2D eigenvalue weighted by molar-refractivity contribution is -0.140. The molecule has 1 aliphatic rings. The molecule has 0 saturated carbocycles. The van der Waals surface area contributed by atoms with Gasteiger partial charge in [0.2, 0.25) is 0 Å². The molecule has 0 unspecified atom stereocenters. The fourth-order valence-electron chi connectivity index (χ4n) is 4.52. The number of hydrogen-bond donors (Lipinski definition) is 1. The molecular weight excluding hydrogens is 500 g/mol. The van der Waals surface area contributed by atoms with E-state index in [2.05, 4.69) is 4.98 Å². The zero-order chi connectivity index (χ0) is 26.6. The Hall–Kier alpha value is -4.42. The van der Waals surface area contributed by atoms with Crippen LogP contribution in [0.1, 0.15) is 33.9 Å². The predicted molar refractivity (Wildman–Crippen MR) is 145 cm³/mol. The van der Waals surface area contributed by atoms with Crippen LogP contribution in [0.2, 0.25) is 5.02 Å². The maximum atomic E-state index is 13.3. The molecule has 2 heterocycles. The number of nitrogens with zero attached hydrogens (tertiary/aromatic N) is 2. The Balaban J connectivity index is 1.47. The average Bonchev–Trinajstić information content (AvgIpc) is 3.18. The molecule has 0 bridgehead atoms. The number of benzene rings is 3. The number of halogens is 1. The van der Waals surface area contributed by atoms with Crippen molar-refractivity contribution < 1.29 is 19.4 Å². The minimum absolute atomic E-state index is 0.0277. The van der Waals surface area contributed by atoms with Crippen molar-refractivity contribution in [1.82, 2.24) is 9.88 Å². The summed E-state index contributed by atoms with van der Waals surface area (Å²) in [6.45, 7) is 2.62. The minimum Gasteiger partial charge on any atom is -0.507 e. The van der Waals surface area contributed by atoms with Crippen LogP contribution in [0.4, 0.5) is 0 Å². The number of pyridine rings is 1. The van der Waals surface area contributed by atoms with E-state index in [0.29, 0.717) is 28.5 Å². The summed E-state index contributed by atoms with van der Waals surface area (Å²) >= 11 is 6.10. The molecular formula is C31H25ClN2O4. The van der Waals surface area contributed by atoms with Crippen molar-refractivity contribution in [2.45, 2.75) is 26.1 Å². The molecule has 1 N–H and O–H groups in total. The fraction of sp³-hybridized carbons (Fsp3) is 0.129. The number of ketones is 1. The maximum Gasteiger partial charge on any atom is 0.295 e. The van der Waals surface area contributed by atoms with Crippen molar-refractivity contribution in [2.75, 3.05) is 0 Å². The van der Waals surface area contributed by atoms with Crippen molar-refractivity contribution in [1.29, 1.82) is 0 Å². The van der Waals surface area contributed by atoms with Crippen LogP contribution >= 0.6 is 11.6 Å². The summed E-state index contributed by atoms with van der Waals surface area (Å²) in [5, 5.41) is 11.8. The molecule has 1 fully saturated rings. The van der Waals surface area contributed by atoms with Crippen LogP contribution < -0.4 is 4.74 Å². The van der Waals surface area contributed by atoms with Crippen LogP contribution in [0.15, 0.2) is 103 Å². The fourth-order valence-corrected chi connectivity index (χ4v) is 4.64. The lowest BCUT2D eigenvalue weighted by Crippen LogP contribution is -2.29. The number of Topliss-reactive ketones (excluding diaryl/α,β-unsaturated/α-hetero) is 1. The smallest absolute Gasteiger partial charge is 0.295 e. The number of carbonyl (C=O) groups excluding carboxylic acids is 2. The van der Waals surface area contributed by atoms with E-state index in [4.69, 9.17) is 16.3 Å². The van der Waals surface area contributed by atoms with Gasteiger partial charge in [-0.25, -0.2) is 0 Å². The number of ether oxygens (including phenoxy) is 1. The van der Waals surface area contributed by atoms with Gasteiger partial charge in [-0.2, -0.15) is 0 Å². The summed E-state index contributed by atoms with van der Waals surface area (Å²) in [7, 11) is 0. The van der Waals surface area contributed by atoms with E-state index in [0.717, 1.165) is 16.7 Å². The first-order valence-electron chi connectivity index (χ1n) is 12.1. The normalized spacial score (nSPS) is 16.6. The highest BCUT2D eigenvalue weighted by Crippen LogP contribution is 2.40. The Bertz CT molecular complexity index is 1500. The third-order valence-electron chi connectivity index (χ3n) is 6.61. The Morgan fingerprint density at radius 2 is 1.63 bits per heavy atom. The van der Waals surface area contributed by atoms with E-state index in [-0.39, 0.29) is 17.9 Å². The number of aryl methyl sites for hydroxylation is 1. The van der Waals surface area contributed by atoms with E-state index in [9.17, 15) is 14.7 Å². The number of rotatable bonds is 7. The van der Waals surface area contributed by atoms with Crippen LogP contribution in [0.3, 0.4) is 0 Å². The first-order chi connectivity index (χ1) is 18.4. The average molecular weight is 525 g/mol. The highest BCUT2D eigenvalue weighted by molar-refractivity contribution is 6.46. The van der Waals surface area contributed by atoms with E-state index in [1.54, 1.807) is 73.1 Å². The molecule has 0 aliphatic carbocycles. The summed E-state index contributed by atoms with van der Waals surface area (Å²) in [5.74, 6) is -1.04. The van der Waals surface area contributed by atoms with Crippen LogP contribution in [0.5, 0.6) is 5.75 Å². The largest absolute Gasteiger partial charge is 0.507 e. The van der Waals surface area contributed by atoms with Crippen molar-refractivity contribution in [3.8, 4) is 5.75 Å². The molecule has 6 nitrogen and oxygen atoms in total. The second kappa shape index (κ2) is 10.9. The second-order valence-corrected chi connectivity index (χ2v) is 9.51. The molecule has 5 rings (SSSR count). The molecule has 1 aromatic heterocycles. The molecule has 0 spiro atoms. The van der Waals surface area contributed by atoms with Gasteiger partial charge in [-0.3, -0.25) is 14.6 Å². The van der Waals surface area contributed by atoms with E-state index in [1.165, 1.54) is 4.90 Å². The van der Waals surface area contributed by atoms with Gasteiger partial charge in [-0.05, 0) is 77.7 Å². The molecule has 1 amide bonds. The standard InChI is InChI=1S/C31H25ClN2O4/c1-20-4-2-3-5-24(20)19-38-26-12-8-23(9-13-26)29(35)27-28(22-6-10-25(32)11-7-22)34(31(37)30(27)36)18-21-14-16-33-17-15-21/h2-17,28,35H,18-19H2,1H3/t28-/m1/s1. The Morgan fingerprint density at radius 3 is 2.32 bits per heavy atom. The van der Waals surface area contributed by atoms with Gasteiger partial charge in [0, 0.05) is 29.5 Å². The Morgan fingerprint density at radius 1 is 0.947 bits per heavy atom. The van der Waals surface area contributed by atoms with Crippen molar-refractivity contribution in [2.24, 2.45) is 0 Å². The van der Waals surface area contributed by atoms with Crippen LogP contribution in [0, 0.1) is 6.92 Å². The molecule has 38 heavy (non-hydrogen) atoms. The maximum absolute atomic E-state index is 13.3. The number of carbonyl (C=O) groups is 2. The van der Waals surface area contributed by atoms with Crippen molar-refractivity contribution >= 4 is 29.1 Å². The monoisotopic (exact) mass is 524 g/mol. The molecule has 1 saturated heterocycles. The third kappa shape index (κ3) is 5.17. The summed E-state index contributed by atoms with van der Waals surface area (Å²) in [4.78, 5) is 31.9. The molecule has 190 valence electrons. The van der Waals surface area contributed by atoms with E-state index in [1.807, 2.05) is 31.2 Å². The van der Waals surface area contributed by atoms with Gasteiger partial charge >= 0.3 is 0 Å². The van der Waals surface area contributed by atoms with E-state index < -0.39 is 17.7 Å². The lowest BCUT2D eigenvalue weighted by Gasteiger charge is -2.25. The third-order valence-corrected chi connectivity index (χ3v) is 6.86. The van der Waals surface area contributed by atoms with Gasteiger partial charge in [0.25, 0.3) is 11.7 Å². The zero-order valence-corrected chi connectivity index (χ0v) is 21.4. The zero-order valence-electron chi connectivity index (χ0n) is 20.7. The molecule has 4 aromatic rings. The van der Waals surface area contributed by atoms with Gasteiger partial charge in [0.15, 0.2) is 0 Å². The summed E-state index contributed by atoms with van der Waals surface area (Å²) in [6, 6.07) is 24.5. The first-order valence-corrected chi connectivity index (χ1v) is 12.5. The SMILES string of the molecule is Cc1ccccc1COc1ccc(C(O)=C2C(=O)C(=O)N(Cc3ccncc3)[C@@H]2c2ccc(Cl)cc2)cc1. The second-order valence-electron chi connectivity index (χ2n) is 9.07. The van der Waals surface area contributed by atoms with Crippen LogP contribution in [-0.4, -0.2) is 26.7 Å². The highest BCUT2D eigenvalue weighted by atomic mass is 35.5. The first kappa shape index (κ1) is 25.2. The summed E-state index contributed by atoms with van der Waals surface area (Å²) in [5.41, 5.74) is 4.14. The Kier molecular flexibility index (Phi) is 7.24. The topological polar surface area (TPSA) is 79.7 Å². The Labute approximate surface area is 225 Å². The number of amides is 1. The summed E-state index contributed by atoms with van der Waals surface area (Å²) < 4.78 is 5.91. The quantitative estimate of drug-likeness (QED) is 0.176. The molecule has 1 atom stereocenters. The number of likely N-dealkylation sites (tertiary alicyclic amines) is 1. The molecule has 7 heteroatoms. The van der Waals surface area contributed by atoms with Gasteiger partial charge in [0.05, 0.1) is 11.6 Å². The number of hydrogen-bond acceptors (Lipinski definition) is 5. The summed E-state index contributed by atoms with van der Waals surface area (Å²) in [6.07, 6.45) is 3.26. The number of aromatic nitrogens is 1. The van der Waals surface area contributed by atoms with Gasteiger partial charge in [-0.15, -0.1) is 0 Å². The lowest BCUT2D eigenvalue weighted by atomic mass is 9.95. The van der Waals surface area contributed by atoms with Crippen molar-refractivity contribution in [3.05, 3.63) is 136 Å². The highest BCUT2D eigenvalue weighted by Gasteiger charge is 2.46. The van der Waals surface area contributed by atoms with Gasteiger partial charge in [0.1, 0.15) is 18.1 Å².